The Bertz CT molecular complexity index is 953. The molecule has 0 radical (unpaired) electrons. The van der Waals surface area contributed by atoms with Crippen LogP contribution in [0.3, 0.4) is 0 Å². The Balaban J connectivity index is 2.51. The first kappa shape index (κ1) is 33.0. The molecule has 208 valence electrons. The van der Waals surface area contributed by atoms with E-state index < -0.39 is 24.6 Å². The van der Waals surface area contributed by atoms with Crippen LogP contribution >= 0.6 is 0 Å². The van der Waals surface area contributed by atoms with Crippen molar-refractivity contribution in [2.45, 2.75) is 107 Å². The molecule has 0 atom stereocenters. The zero-order chi connectivity index (χ0) is 27.2. The van der Waals surface area contributed by atoms with Crippen LogP contribution in [-0.2, 0) is 20.0 Å². The van der Waals surface area contributed by atoms with E-state index in [1.165, 1.54) is 12.1 Å². The number of nitriles is 2. The third-order valence-corrected chi connectivity index (χ3v) is 10.6. The average Bonchev–Trinajstić information content (AvgIpc) is 2.86. The predicted molar refractivity (Wildman–Crippen MR) is 148 cm³/mol. The number of benzene rings is 1. The molecule has 0 saturated heterocycles. The molecule has 0 fully saturated rings. The molecule has 37 heavy (non-hydrogen) atoms. The first-order valence-corrected chi connectivity index (χ1v) is 16.7. The molecule has 0 amide bonds. The van der Waals surface area contributed by atoms with Crippen molar-refractivity contribution in [2.24, 2.45) is 0 Å². The molecule has 0 unspecified atom stereocenters. The van der Waals surface area contributed by atoms with Gasteiger partial charge in [0, 0.05) is 25.9 Å². The van der Waals surface area contributed by atoms with Gasteiger partial charge in [0.1, 0.15) is 0 Å². The quantitative estimate of drug-likeness (QED) is 0.164. The highest BCUT2D eigenvalue weighted by Gasteiger charge is 2.38. The monoisotopic (exact) mass is 552 g/mol. The summed E-state index contributed by atoms with van der Waals surface area (Å²) in [5.74, 6) is 0. The predicted octanol–water partition coefficient (Wildman–Crippen LogP) is 5.81. The Morgan fingerprint density at radius 2 is 0.919 bits per heavy atom. The fraction of sp³-hybridized carbons (Fsp3) is 0.704. The van der Waals surface area contributed by atoms with Crippen LogP contribution in [0.5, 0.6) is 0 Å². The van der Waals surface area contributed by atoms with Crippen LogP contribution in [0.4, 0.5) is 0 Å². The maximum Gasteiger partial charge on any atom is 0.234 e. The van der Waals surface area contributed by atoms with Crippen molar-refractivity contribution in [3.05, 3.63) is 35.9 Å². The highest BCUT2D eigenvalue weighted by Crippen LogP contribution is 2.27. The molecule has 0 heterocycles. The minimum atomic E-state index is -4.16. The van der Waals surface area contributed by atoms with E-state index in [2.05, 4.69) is 21.6 Å². The average molecular weight is 553 g/mol. The molecule has 8 nitrogen and oxygen atoms in total. The minimum Gasteiger partial charge on any atom is -0.214 e. The van der Waals surface area contributed by atoms with E-state index in [-0.39, 0.29) is 18.7 Å². The highest BCUT2D eigenvalue weighted by molar-refractivity contribution is 8.06. The summed E-state index contributed by atoms with van der Waals surface area (Å²) in [6.07, 6.45) is 14.3. The second-order valence-electron chi connectivity index (χ2n) is 9.39. The van der Waals surface area contributed by atoms with Crippen LogP contribution in [0.1, 0.15) is 113 Å². The second kappa shape index (κ2) is 20.0. The largest absolute Gasteiger partial charge is 0.234 e. The van der Waals surface area contributed by atoms with Crippen LogP contribution in [-0.4, -0.2) is 29.9 Å². The van der Waals surface area contributed by atoms with E-state index in [4.69, 9.17) is 10.5 Å². The Morgan fingerprint density at radius 1 is 0.568 bits per heavy atom. The van der Waals surface area contributed by atoms with Gasteiger partial charge in [0.2, 0.25) is 24.6 Å². The lowest BCUT2D eigenvalue weighted by Crippen LogP contribution is -2.39. The van der Waals surface area contributed by atoms with Gasteiger partial charge in [0.15, 0.2) is 0 Å². The van der Waals surface area contributed by atoms with Crippen molar-refractivity contribution in [3.63, 3.8) is 0 Å². The van der Waals surface area contributed by atoms with E-state index >= 15 is 0 Å². The molecule has 10 heteroatoms. The molecule has 0 aliphatic rings. The lowest BCUT2D eigenvalue weighted by atomic mass is 10.1. The first-order valence-electron chi connectivity index (χ1n) is 13.6. The number of nitrogens with zero attached hydrogens (tertiary/aromatic N) is 2. The van der Waals surface area contributed by atoms with Crippen molar-refractivity contribution in [1.82, 2.24) is 9.44 Å². The van der Waals surface area contributed by atoms with Crippen LogP contribution in [0, 0.1) is 22.7 Å². The Kier molecular flexibility index (Phi) is 17.9. The van der Waals surface area contributed by atoms with Crippen molar-refractivity contribution >= 4 is 20.0 Å². The molecule has 2 N–H and O–H groups in total. The number of unbranched alkanes of at least 4 members (excludes halogenated alkanes) is 14. The number of sulfonamides is 2. The summed E-state index contributed by atoms with van der Waals surface area (Å²) in [6, 6.07) is 12.3. The van der Waals surface area contributed by atoms with Crippen molar-refractivity contribution in [3.8, 4) is 12.1 Å². The number of hydrogen-bond donors (Lipinski definition) is 2. The van der Waals surface area contributed by atoms with Gasteiger partial charge >= 0.3 is 0 Å². The molecule has 0 saturated carbocycles. The van der Waals surface area contributed by atoms with Gasteiger partial charge in [-0.1, -0.05) is 94.5 Å². The number of nitrogens with one attached hydrogen (secondary N) is 2. The summed E-state index contributed by atoms with van der Waals surface area (Å²) in [6.45, 7) is 0.397. The molecular formula is C27H44N4O4S2. The van der Waals surface area contributed by atoms with Gasteiger partial charge in [0.05, 0.1) is 12.1 Å². The number of hydrogen-bond acceptors (Lipinski definition) is 6. The summed E-state index contributed by atoms with van der Waals surface area (Å²) in [5.41, 5.74) is 0.220. The maximum absolute atomic E-state index is 13.1. The van der Waals surface area contributed by atoms with Crippen molar-refractivity contribution < 1.29 is 16.8 Å². The molecule has 0 aromatic heterocycles. The van der Waals surface area contributed by atoms with Crippen molar-refractivity contribution in [1.29, 1.82) is 10.5 Å². The van der Waals surface area contributed by atoms with Crippen LogP contribution < -0.4 is 9.44 Å². The molecule has 1 aromatic rings. The molecular weight excluding hydrogens is 508 g/mol. The first-order chi connectivity index (χ1) is 17.8. The molecule has 0 bridgehead atoms. The number of rotatable bonds is 23. The smallest absolute Gasteiger partial charge is 0.214 e. The van der Waals surface area contributed by atoms with Gasteiger partial charge in [-0.15, -0.1) is 0 Å². The van der Waals surface area contributed by atoms with Gasteiger partial charge in [-0.25, -0.2) is 26.3 Å². The van der Waals surface area contributed by atoms with Gasteiger partial charge < -0.3 is 0 Å². The summed E-state index contributed by atoms with van der Waals surface area (Å²) < 4.78 is 55.8. The van der Waals surface area contributed by atoms with E-state index in [0.717, 1.165) is 77.0 Å². The maximum atomic E-state index is 13.1. The third-order valence-electron chi connectivity index (χ3n) is 6.17. The van der Waals surface area contributed by atoms with Gasteiger partial charge in [-0.05, 0) is 31.2 Å². The molecule has 0 spiro atoms. The van der Waals surface area contributed by atoms with E-state index in [0.29, 0.717) is 25.7 Å². The fourth-order valence-electron chi connectivity index (χ4n) is 4.14. The summed E-state index contributed by atoms with van der Waals surface area (Å²) in [7, 11) is -8.31. The van der Waals surface area contributed by atoms with E-state index in [1.54, 1.807) is 18.2 Å². The zero-order valence-corrected chi connectivity index (χ0v) is 23.7. The normalized spacial score (nSPS) is 11.9. The molecule has 1 aromatic carbocycles. The fourth-order valence-corrected chi connectivity index (χ4v) is 8.08. The van der Waals surface area contributed by atoms with E-state index in [9.17, 15) is 16.8 Å². The lowest BCUT2D eigenvalue weighted by molar-refractivity contribution is 0.547. The van der Waals surface area contributed by atoms with Crippen LogP contribution in [0.15, 0.2) is 30.3 Å². The highest BCUT2D eigenvalue weighted by atomic mass is 32.3. The van der Waals surface area contributed by atoms with Crippen LogP contribution in [0.2, 0.25) is 0 Å². The van der Waals surface area contributed by atoms with Gasteiger partial charge in [-0.3, -0.25) is 0 Å². The molecule has 0 aliphatic heterocycles. The Hall–Kier alpha value is -1.98. The Morgan fingerprint density at radius 3 is 1.30 bits per heavy atom. The SMILES string of the molecule is N#CCCCCCCCCCNS(=O)(=O)C(c1ccccc1)S(=O)(=O)NCCCCCCCCCC#N. The topological polar surface area (TPSA) is 140 Å². The lowest BCUT2D eigenvalue weighted by Gasteiger charge is -2.20. The molecule has 1 rings (SSSR count). The molecule has 0 aliphatic carbocycles. The summed E-state index contributed by atoms with van der Waals surface area (Å²) in [4.78, 5) is 0. The summed E-state index contributed by atoms with van der Waals surface area (Å²) in [5, 5.41) is 17.1. The van der Waals surface area contributed by atoms with Crippen LogP contribution in [0.25, 0.3) is 0 Å². The van der Waals surface area contributed by atoms with Gasteiger partial charge in [0.25, 0.3) is 0 Å². The minimum absolute atomic E-state index is 0.198. The zero-order valence-electron chi connectivity index (χ0n) is 22.0. The third kappa shape index (κ3) is 15.1. The second-order valence-corrected chi connectivity index (χ2v) is 13.4. The Labute approximate surface area is 225 Å². The van der Waals surface area contributed by atoms with Gasteiger partial charge in [-0.2, -0.15) is 10.5 Å². The summed E-state index contributed by atoms with van der Waals surface area (Å²) >= 11 is 0. The van der Waals surface area contributed by atoms with E-state index in [1.807, 2.05) is 0 Å². The standard InChI is InChI=1S/C27H44N4O4S2/c28-22-16-9-5-1-3-7-11-18-24-30-36(32,33)27(26-20-14-13-15-21-26)37(34,35)31-25-19-12-8-4-2-6-10-17-23-29/h13-15,20-21,27,30-31H,1-12,16-19,24-25H2. The van der Waals surface area contributed by atoms with Crippen molar-refractivity contribution in [2.75, 3.05) is 13.1 Å².